The highest BCUT2D eigenvalue weighted by atomic mass is 32.2. The second-order valence-corrected chi connectivity index (χ2v) is 6.81. The Morgan fingerprint density at radius 1 is 1.39 bits per heavy atom. The molecule has 1 aromatic heterocycles. The Hall–Kier alpha value is -2.12. The molecule has 7 heteroatoms. The molecule has 0 radical (unpaired) electrons. The number of hydrogen-bond donors (Lipinski definition) is 3. The van der Waals surface area contributed by atoms with Crippen molar-refractivity contribution in [2.24, 2.45) is 0 Å². The maximum absolute atomic E-state index is 13.2. The first-order valence-corrected chi connectivity index (χ1v) is 7.76. The molecule has 0 fully saturated rings. The summed E-state index contributed by atoms with van der Waals surface area (Å²) in [5.74, 6) is -0.773. The fraction of sp³-hybridized carbons (Fsp3) is 0.250. The SMILES string of the molecule is CC(C)(O)CNC(=O)c1ncc(Sc2cccc(F)c2)cc1N. The van der Waals surface area contributed by atoms with Gasteiger partial charge < -0.3 is 16.2 Å². The van der Waals surface area contributed by atoms with Crippen LogP contribution in [0.25, 0.3) is 0 Å². The Kier molecular flexibility index (Phi) is 5.23. The van der Waals surface area contributed by atoms with Gasteiger partial charge in [0.05, 0.1) is 11.3 Å². The molecule has 122 valence electrons. The molecule has 0 bridgehead atoms. The minimum Gasteiger partial charge on any atom is -0.397 e. The van der Waals surface area contributed by atoms with Gasteiger partial charge in [0.1, 0.15) is 5.82 Å². The molecule has 0 saturated heterocycles. The van der Waals surface area contributed by atoms with Gasteiger partial charge in [0, 0.05) is 22.5 Å². The summed E-state index contributed by atoms with van der Waals surface area (Å²) in [5.41, 5.74) is 5.17. The number of anilines is 1. The van der Waals surface area contributed by atoms with E-state index >= 15 is 0 Å². The molecule has 2 aromatic rings. The van der Waals surface area contributed by atoms with Crippen LogP contribution in [0, 0.1) is 5.82 Å². The first kappa shape index (κ1) is 17.2. The molecule has 0 atom stereocenters. The van der Waals surface area contributed by atoms with Gasteiger partial charge in [-0.2, -0.15) is 0 Å². The highest BCUT2D eigenvalue weighted by molar-refractivity contribution is 7.99. The Morgan fingerprint density at radius 2 is 2.13 bits per heavy atom. The topological polar surface area (TPSA) is 88.2 Å². The molecule has 0 unspecified atom stereocenters. The summed E-state index contributed by atoms with van der Waals surface area (Å²) >= 11 is 1.30. The van der Waals surface area contributed by atoms with Crippen LogP contribution in [0.4, 0.5) is 10.1 Å². The first-order chi connectivity index (χ1) is 10.7. The lowest BCUT2D eigenvalue weighted by Crippen LogP contribution is -2.38. The van der Waals surface area contributed by atoms with Gasteiger partial charge in [0.15, 0.2) is 5.69 Å². The van der Waals surface area contributed by atoms with E-state index in [1.165, 1.54) is 30.1 Å². The predicted molar refractivity (Wildman–Crippen MR) is 87.8 cm³/mol. The standard InChI is InChI=1S/C16H18FN3O2S/c1-16(2,22)9-20-15(21)14-13(18)7-12(8-19-14)23-11-5-3-4-10(17)6-11/h3-8,22H,9,18H2,1-2H3,(H,20,21). The fourth-order valence-electron chi connectivity index (χ4n) is 1.75. The van der Waals surface area contributed by atoms with Crippen LogP contribution in [0.5, 0.6) is 0 Å². The van der Waals surface area contributed by atoms with Crippen molar-refractivity contribution in [2.45, 2.75) is 29.2 Å². The largest absolute Gasteiger partial charge is 0.397 e. The lowest BCUT2D eigenvalue weighted by molar-refractivity contribution is 0.0692. The molecule has 1 aromatic carbocycles. The number of amides is 1. The number of halogens is 1. The molecule has 23 heavy (non-hydrogen) atoms. The molecule has 1 amide bonds. The maximum Gasteiger partial charge on any atom is 0.272 e. The van der Waals surface area contributed by atoms with Gasteiger partial charge in [-0.3, -0.25) is 4.79 Å². The third-order valence-electron chi connectivity index (χ3n) is 2.82. The summed E-state index contributed by atoms with van der Waals surface area (Å²) in [6.45, 7) is 3.26. The van der Waals surface area contributed by atoms with E-state index in [9.17, 15) is 14.3 Å². The number of hydrogen-bond acceptors (Lipinski definition) is 5. The molecule has 5 nitrogen and oxygen atoms in total. The lowest BCUT2D eigenvalue weighted by atomic mass is 10.1. The quantitative estimate of drug-likeness (QED) is 0.781. The Bertz CT molecular complexity index is 717. The Balaban J connectivity index is 2.10. The number of rotatable bonds is 5. The number of nitrogens with one attached hydrogen (secondary N) is 1. The number of benzene rings is 1. The van der Waals surface area contributed by atoms with Crippen molar-refractivity contribution in [1.29, 1.82) is 0 Å². The van der Waals surface area contributed by atoms with Gasteiger partial charge in [-0.25, -0.2) is 9.37 Å². The summed E-state index contributed by atoms with van der Waals surface area (Å²) < 4.78 is 13.2. The third-order valence-corrected chi connectivity index (χ3v) is 3.77. The third kappa shape index (κ3) is 5.22. The van der Waals surface area contributed by atoms with E-state index in [-0.39, 0.29) is 23.7 Å². The van der Waals surface area contributed by atoms with E-state index in [0.29, 0.717) is 9.79 Å². The number of pyridine rings is 1. The van der Waals surface area contributed by atoms with Gasteiger partial charge >= 0.3 is 0 Å². The average Bonchev–Trinajstić information content (AvgIpc) is 2.44. The van der Waals surface area contributed by atoms with Crippen LogP contribution in [0.1, 0.15) is 24.3 Å². The summed E-state index contributed by atoms with van der Waals surface area (Å²) in [7, 11) is 0. The van der Waals surface area contributed by atoms with E-state index in [1.807, 2.05) is 0 Å². The number of nitrogens with two attached hydrogens (primary N) is 1. The number of nitrogen functional groups attached to an aromatic ring is 1. The van der Waals surface area contributed by atoms with Crippen LogP contribution in [-0.2, 0) is 0 Å². The Labute approximate surface area is 138 Å². The molecular formula is C16H18FN3O2S. The van der Waals surface area contributed by atoms with Gasteiger partial charge in [-0.05, 0) is 38.1 Å². The fourth-order valence-corrected chi connectivity index (χ4v) is 2.64. The molecule has 0 aliphatic heterocycles. The zero-order valence-electron chi connectivity index (χ0n) is 12.8. The van der Waals surface area contributed by atoms with Crippen LogP contribution in [0.15, 0.2) is 46.3 Å². The number of carbonyl (C=O) groups excluding carboxylic acids is 1. The summed E-state index contributed by atoms with van der Waals surface area (Å²) in [4.78, 5) is 17.5. The predicted octanol–water partition coefficient (Wildman–Crippen LogP) is 2.45. The number of aliphatic hydroxyl groups is 1. The van der Waals surface area contributed by atoms with Crippen molar-refractivity contribution in [3.8, 4) is 0 Å². The second kappa shape index (κ2) is 6.97. The van der Waals surface area contributed by atoms with Crippen LogP contribution in [0.3, 0.4) is 0 Å². The van der Waals surface area contributed by atoms with Gasteiger partial charge in [0.25, 0.3) is 5.91 Å². The van der Waals surface area contributed by atoms with E-state index < -0.39 is 11.5 Å². The normalized spacial score (nSPS) is 11.3. The summed E-state index contributed by atoms with van der Waals surface area (Å²) in [6.07, 6.45) is 1.50. The van der Waals surface area contributed by atoms with Crippen molar-refractivity contribution in [1.82, 2.24) is 10.3 Å². The van der Waals surface area contributed by atoms with Gasteiger partial charge in [-0.15, -0.1) is 0 Å². The molecule has 1 heterocycles. The smallest absolute Gasteiger partial charge is 0.272 e. The monoisotopic (exact) mass is 335 g/mol. The van der Waals surface area contributed by atoms with E-state index in [4.69, 9.17) is 5.73 Å². The summed E-state index contributed by atoms with van der Waals surface area (Å²) in [5, 5.41) is 12.2. The molecular weight excluding hydrogens is 317 g/mol. The molecule has 0 spiro atoms. The van der Waals surface area contributed by atoms with Crippen molar-refractivity contribution < 1.29 is 14.3 Å². The van der Waals surface area contributed by atoms with E-state index in [0.717, 1.165) is 0 Å². The van der Waals surface area contributed by atoms with E-state index in [1.54, 1.807) is 32.0 Å². The zero-order chi connectivity index (χ0) is 17.0. The van der Waals surface area contributed by atoms with Gasteiger partial charge in [-0.1, -0.05) is 17.8 Å². The van der Waals surface area contributed by atoms with Crippen molar-refractivity contribution in [3.05, 3.63) is 48.0 Å². The molecule has 4 N–H and O–H groups in total. The van der Waals surface area contributed by atoms with E-state index in [2.05, 4.69) is 10.3 Å². The molecule has 0 aliphatic rings. The molecule has 2 rings (SSSR count). The van der Waals surface area contributed by atoms with Crippen LogP contribution in [-0.4, -0.2) is 28.1 Å². The first-order valence-electron chi connectivity index (χ1n) is 6.94. The van der Waals surface area contributed by atoms with Gasteiger partial charge in [0.2, 0.25) is 0 Å². The van der Waals surface area contributed by atoms with Crippen molar-refractivity contribution in [2.75, 3.05) is 12.3 Å². The second-order valence-electron chi connectivity index (χ2n) is 5.66. The highest BCUT2D eigenvalue weighted by Gasteiger charge is 2.17. The number of nitrogens with zero attached hydrogens (tertiary/aromatic N) is 1. The lowest BCUT2D eigenvalue weighted by Gasteiger charge is -2.17. The van der Waals surface area contributed by atoms with Crippen LogP contribution < -0.4 is 11.1 Å². The number of carbonyl (C=O) groups is 1. The Morgan fingerprint density at radius 3 is 2.74 bits per heavy atom. The minimum atomic E-state index is -1.02. The molecule has 0 aliphatic carbocycles. The number of aromatic nitrogens is 1. The molecule has 0 saturated carbocycles. The maximum atomic E-state index is 13.2. The zero-order valence-corrected chi connectivity index (χ0v) is 13.7. The minimum absolute atomic E-state index is 0.0900. The summed E-state index contributed by atoms with van der Waals surface area (Å²) in [6, 6.07) is 7.78. The average molecular weight is 335 g/mol. The highest BCUT2D eigenvalue weighted by Crippen LogP contribution is 2.29. The van der Waals surface area contributed by atoms with Crippen molar-refractivity contribution >= 4 is 23.4 Å². The van der Waals surface area contributed by atoms with Crippen LogP contribution in [0.2, 0.25) is 0 Å². The van der Waals surface area contributed by atoms with Crippen molar-refractivity contribution in [3.63, 3.8) is 0 Å². The van der Waals surface area contributed by atoms with Crippen LogP contribution >= 0.6 is 11.8 Å².